The summed E-state index contributed by atoms with van der Waals surface area (Å²) in [7, 11) is -0.822. The van der Waals surface area contributed by atoms with Crippen LogP contribution in [0, 0.1) is 0 Å². The molecule has 0 aliphatic rings. The van der Waals surface area contributed by atoms with Gasteiger partial charge in [-0.1, -0.05) is 23.7 Å². The molecule has 0 spiro atoms. The zero-order valence-corrected chi connectivity index (χ0v) is 16.9. The van der Waals surface area contributed by atoms with Gasteiger partial charge in [0.25, 0.3) is 5.91 Å². The minimum absolute atomic E-state index is 0.00131. The molecule has 3 rings (SSSR count). The number of nitrogens with one attached hydrogen (secondary N) is 1. The number of sulfonamides is 1. The zero-order valence-electron chi connectivity index (χ0n) is 14.5. The van der Waals surface area contributed by atoms with Crippen LogP contribution in [0.25, 0.3) is 10.6 Å². The van der Waals surface area contributed by atoms with Crippen LogP contribution in [-0.4, -0.2) is 37.7 Å². The molecule has 1 heterocycles. The van der Waals surface area contributed by atoms with Crippen LogP contribution in [0.2, 0.25) is 5.02 Å². The quantitative estimate of drug-likeness (QED) is 0.676. The van der Waals surface area contributed by atoms with Crippen LogP contribution >= 0.6 is 22.9 Å². The predicted octanol–water partition coefficient (Wildman–Crippen LogP) is 3.97. The highest BCUT2D eigenvalue weighted by atomic mass is 35.5. The van der Waals surface area contributed by atoms with Gasteiger partial charge in [0.2, 0.25) is 10.0 Å². The second kappa shape index (κ2) is 7.77. The van der Waals surface area contributed by atoms with E-state index in [-0.39, 0.29) is 15.5 Å². The molecule has 2 aromatic carbocycles. The Balaban J connectivity index is 1.90. The van der Waals surface area contributed by atoms with Crippen molar-refractivity contribution >= 4 is 44.6 Å². The number of nitrogens with zero attached hydrogens (tertiary/aromatic N) is 2. The first-order valence-electron chi connectivity index (χ1n) is 7.82. The van der Waals surface area contributed by atoms with Crippen molar-refractivity contribution < 1.29 is 13.2 Å². The summed E-state index contributed by atoms with van der Waals surface area (Å²) in [6.07, 6.45) is 1.71. The fourth-order valence-electron chi connectivity index (χ4n) is 2.34. The van der Waals surface area contributed by atoms with Gasteiger partial charge in [0, 0.05) is 36.9 Å². The monoisotopic (exact) mass is 421 g/mol. The Morgan fingerprint density at radius 2 is 1.96 bits per heavy atom. The second-order valence-corrected chi connectivity index (χ2v) is 9.25. The van der Waals surface area contributed by atoms with Gasteiger partial charge in [-0.15, -0.1) is 11.3 Å². The molecule has 6 nitrogen and oxygen atoms in total. The lowest BCUT2D eigenvalue weighted by atomic mass is 10.1. The summed E-state index contributed by atoms with van der Waals surface area (Å²) >= 11 is 7.62. The van der Waals surface area contributed by atoms with Crippen molar-refractivity contribution in [2.75, 3.05) is 19.4 Å². The Bertz CT molecular complexity index is 1080. The maximum Gasteiger partial charge on any atom is 0.257 e. The largest absolute Gasteiger partial charge is 0.322 e. The highest BCUT2D eigenvalue weighted by molar-refractivity contribution is 7.89. The highest BCUT2D eigenvalue weighted by Crippen LogP contribution is 2.26. The molecule has 0 bridgehead atoms. The molecule has 27 heavy (non-hydrogen) atoms. The predicted molar refractivity (Wildman–Crippen MR) is 108 cm³/mol. The first-order valence-corrected chi connectivity index (χ1v) is 10.5. The van der Waals surface area contributed by atoms with Crippen LogP contribution in [0.4, 0.5) is 5.69 Å². The number of carbonyl (C=O) groups is 1. The van der Waals surface area contributed by atoms with Crippen molar-refractivity contribution in [2.45, 2.75) is 4.90 Å². The van der Waals surface area contributed by atoms with Crippen LogP contribution in [0.1, 0.15) is 10.4 Å². The van der Waals surface area contributed by atoms with Gasteiger partial charge in [0.1, 0.15) is 5.01 Å². The maximum absolute atomic E-state index is 12.7. The summed E-state index contributed by atoms with van der Waals surface area (Å²) in [4.78, 5) is 16.9. The summed E-state index contributed by atoms with van der Waals surface area (Å²) in [6.45, 7) is 0. The number of benzene rings is 2. The maximum atomic E-state index is 12.7. The van der Waals surface area contributed by atoms with E-state index < -0.39 is 15.9 Å². The lowest BCUT2D eigenvalue weighted by molar-refractivity contribution is 0.102. The molecule has 9 heteroatoms. The van der Waals surface area contributed by atoms with E-state index in [2.05, 4.69) is 10.3 Å². The molecule has 0 atom stereocenters. The van der Waals surface area contributed by atoms with E-state index in [0.717, 1.165) is 14.9 Å². The number of carbonyl (C=O) groups excluding carboxylic acids is 1. The summed E-state index contributed by atoms with van der Waals surface area (Å²) < 4.78 is 25.7. The molecular weight excluding hydrogens is 406 g/mol. The Morgan fingerprint density at radius 1 is 1.19 bits per heavy atom. The van der Waals surface area contributed by atoms with Crippen LogP contribution < -0.4 is 5.32 Å². The van der Waals surface area contributed by atoms with Gasteiger partial charge in [0.05, 0.1) is 15.5 Å². The van der Waals surface area contributed by atoms with E-state index >= 15 is 0 Å². The van der Waals surface area contributed by atoms with Crippen LogP contribution in [0.5, 0.6) is 0 Å². The van der Waals surface area contributed by atoms with Crippen LogP contribution in [-0.2, 0) is 10.0 Å². The van der Waals surface area contributed by atoms with E-state index in [0.29, 0.717) is 5.69 Å². The van der Waals surface area contributed by atoms with E-state index in [4.69, 9.17) is 11.6 Å². The molecule has 140 valence electrons. The zero-order chi connectivity index (χ0) is 19.6. The molecule has 1 aromatic heterocycles. The topological polar surface area (TPSA) is 79.4 Å². The number of halogens is 1. The molecule has 0 saturated heterocycles. The van der Waals surface area contributed by atoms with Crippen LogP contribution in [0.15, 0.2) is 58.9 Å². The van der Waals surface area contributed by atoms with Gasteiger partial charge < -0.3 is 5.32 Å². The molecule has 0 fully saturated rings. The van der Waals surface area contributed by atoms with E-state index in [1.807, 2.05) is 11.4 Å². The number of rotatable bonds is 5. The standard InChI is InChI=1S/C18H16ClN3O3S2/c1-22(2)27(24,25)14-6-7-16(19)15(11-14)17(23)21-13-5-3-4-12(10-13)18-20-8-9-26-18/h3-11H,1-2H3,(H,21,23). The van der Waals surface area contributed by atoms with Crippen molar-refractivity contribution in [3.05, 3.63) is 64.6 Å². The number of amides is 1. The molecule has 0 unspecified atom stereocenters. The average molecular weight is 422 g/mol. The smallest absolute Gasteiger partial charge is 0.257 e. The first-order chi connectivity index (χ1) is 12.8. The van der Waals surface area contributed by atoms with Gasteiger partial charge in [-0.25, -0.2) is 17.7 Å². The van der Waals surface area contributed by atoms with Gasteiger partial charge in [-0.2, -0.15) is 0 Å². The Morgan fingerprint density at radius 3 is 2.63 bits per heavy atom. The number of anilines is 1. The normalized spacial score (nSPS) is 11.6. The van der Waals surface area contributed by atoms with Crippen molar-refractivity contribution in [1.29, 1.82) is 0 Å². The van der Waals surface area contributed by atoms with Crippen molar-refractivity contribution in [1.82, 2.24) is 9.29 Å². The molecule has 0 aliphatic heterocycles. The van der Waals surface area contributed by atoms with Crippen molar-refractivity contribution in [3.63, 3.8) is 0 Å². The number of aromatic nitrogens is 1. The lowest BCUT2D eigenvalue weighted by Gasteiger charge is -2.13. The molecule has 0 saturated carbocycles. The van der Waals surface area contributed by atoms with Crippen LogP contribution in [0.3, 0.4) is 0 Å². The summed E-state index contributed by atoms with van der Waals surface area (Å²) in [5.41, 5.74) is 1.52. The molecule has 3 aromatic rings. The Hall–Kier alpha value is -2.26. The number of hydrogen-bond acceptors (Lipinski definition) is 5. The third-order valence-electron chi connectivity index (χ3n) is 3.76. The third-order valence-corrected chi connectivity index (χ3v) is 6.72. The third kappa shape index (κ3) is 4.19. The molecule has 0 radical (unpaired) electrons. The van der Waals surface area contributed by atoms with E-state index in [1.54, 1.807) is 24.4 Å². The Kier molecular flexibility index (Phi) is 5.61. The van der Waals surface area contributed by atoms with Gasteiger partial charge in [0.15, 0.2) is 0 Å². The minimum atomic E-state index is -3.67. The Labute approximate surface area is 166 Å². The van der Waals surface area contributed by atoms with Gasteiger partial charge in [-0.05, 0) is 30.3 Å². The molecule has 0 aliphatic carbocycles. The summed E-state index contributed by atoms with van der Waals surface area (Å²) in [6, 6.07) is 11.3. The molecule has 1 N–H and O–H groups in total. The SMILES string of the molecule is CN(C)S(=O)(=O)c1ccc(Cl)c(C(=O)Nc2cccc(-c3nccs3)c2)c1. The number of thiazole rings is 1. The van der Waals surface area contributed by atoms with E-state index in [1.165, 1.54) is 43.6 Å². The van der Waals surface area contributed by atoms with Crippen molar-refractivity contribution in [3.8, 4) is 10.6 Å². The fraction of sp³-hybridized carbons (Fsp3) is 0.111. The summed E-state index contributed by atoms with van der Waals surface area (Å²) in [5.74, 6) is -0.493. The van der Waals surface area contributed by atoms with Gasteiger partial charge >= 0.3 is 0 Å². The lowest BCUT2D eigenvalue weighted by Crippen LogP contribution is -2.23. The fourth-order valence-corrected chi connectivity index (χ4v) is 4.11. The van der Waals surface area contributed by atoms with Gasteiger partial charge in [-0.3, -0.25) is 4.79 Å². The minimum Gasteiger partial charge on any atom is -0.322 e. The highest BCUT2D eigenvalue weighted by Gasteiger charge is 2.21. The molecular formula is C18H16ClN3O3S2. The number of hydrogen-bond donors (Lipinski definition) is 1. The second-order valence-electron chi connectivity index (χ2n) is 5.80. The van der Waals surface area contributed by atoms with E-state index in [9.17, 15) is 13.2 Å². The molecule has 1 amide bonds. The first kappa shape index (κ1) is 19.5. The summed E-state index contributed by atoms with van der Waals surface area (Å²) in [5, 5.41) is 5.63. The average Bonchev–Trinajstić information content (AvgIpc) is 3.16. The van der Waals surface area contributed by atoms with Crippen molar-refractivity contribution in [2.24, 2.45) is 0 Å².